The Hall–Kier alpha value is -2.18. The van der Waals surface area contributed by atoms with Gasteiger partial charge in [-0.05, 0) is 48.6 Å². The Morgan fingerprint density at radius 2 is 1.63 bits per heavy atom. The molecule has 0 saturated carbocycles. The van der Waals surface area contributed by atoms with E-state index in [1.54, 1.807) is 12.1 Å². The number of benzene rings is 2. The molecule has 1 unspecified atom stereocenters. The minimum Gasteiger partial charge on any atom is -0.351 e. The van der Waals surface area contributed by atoms with Gasteiger partial charge in [0.1, 0.15) is 0 Å². The van der Waals surface area contributed by atoms with Gasteiger partial charge in [0.05, 0.1) is 4.90 Å². The molecule has 0 radical (unpaired) electrons. The first-order chi connectivity index (χ1) is 13.0. The van der Waals surface area contributed by atoms with Crippen LogP contribution < -0.4 is 5.32 Å². The minimum absolute atomic E-state index is 0.195. The molecule has 27 heavy (non-hydrogen) atoms. The zero-order valence-corrected chi connectivity index (χ0v) is 16.4. The maximum atomic E-state index is 12.7. The minimum atomic E-state index is -3.46. The molecule has 0 spiro atoms. The molecule has 0 aliphatic carbocycles. The Kier molecular flexibility index (Phi) is 6.29. The number of nitrogens with one attached hydrogen (secondary N) is 1. The molecular formula is C21H26N2O3S. The average molecular weight is 387 g/mol. The van der Waals surface area contributed by atoms with Crippen LogP contribution in [-0.2, 0) is 10.0 Å². The molecule has 1 saturated heterocycles. The van der Waals surface area contributed by atoms with Crippen LogP contribution in [0.15, 0.2) is 59.5 Å². The van der Waals surface area contributed by atoms with Crippen LogP contribution in [0.3, 0.4) is 0 Å². The summed E-state index contributed by atoms with van der Waals surface area (Å²) in [5, 5.41) is 2.92. The molecule has 144 valence electrons. The lowest BCUT2D eigenvalue weighted by molar-refractivity contribution is 0.0951. The summed E-state index contributed by atoms with van der Waals surface area (Å²) in [6.45, 7) is 3.73. The van der Waals surface area contributed by atoms with Crippen molar-refractivity contribution < 1.29 is 13.2 Å². The highest BCUT2D eigenvalue weighted by Crippen LogP contribution is 2.21. The molecule has 1 aliphatic rings. The quantitative estimate of drug-likeness (QED) is 0.827. The number of hydrogen-bond acceptors (Lipinski definition) is 3. The van der Waals surface area contributed by atoms with Crippen LogP contribution in [0.4, 0.5) is 0 Å². The fourth-order valence-corrected chi connectivity index (χ4v) is 4.80. The van der Waals surface area contributed by atoms with Gasteiger partial charge < -0.3 is 5.32 Å². The normalized spacial score (nSPS) is 16.6. The fourth-order valence-electron chi connectivity index (χ4n) is 3.28. The van der Waals surface area contributed by atoms with Gasteiger partial charge in [-0.2, -0.15) is 4.31 Å². The number of carbonyl (C=O) groups is 1. The first kappa shape index (κ1) is 19.6. The number of rotatable bonds is 6. The van der Waals surface area contributed by atoms with Crippen molar-refractivity contribution in [1.29, 1.82) is 0 Å². The first-order valence-electron chi connectivity index (χ1n) is 9.42. The van der Waals surface area contributed by atoms with Crippen molar-refractivity contribution in [1.82, 2.24) is 9.62 Å². The molecule has 2 aromatic rings. The first-order valence-corrected chi connectivity index (χ1v) is 10.9. The van der Waals surface area contributed by atoms with Crippen molar-refractivity contribution in [2.45, 2.75) is 37.0 Å². The van der Waals surface area contributed by atoms with E-state index in [0.29, 0.717) is 25.2 Å². The van der Waals surface area contributed by atoms with Crippen molar-refractivity contribution in [2.24, 2.45) is 0 Å². The van der Waals surface area contributed by atoms with Crippen molar-refractivity contribution in [3.63, 3.8) is 0 Å². The summed E-state index contributed by atoms with van der Waals surface area (Å²) < 4.78 is 26.9. The maximum Gasteiger partial charge on any atom is 0.251 e. The Labute approximate surface area is 161 Å². The van der Waals surface area contributed by atoms with E-state index in [4.69, 9.17) is 0 Å². The highest BCUT2D eigenvalue weighted by atomic mass is 32.2. The topological polar surface area (TPSA) is 66.5 Å². The Bertz CT molecular complexity index is 858. The summed E-state index contributed by atoms with van der Waals surface area (Å²) in [6.07, 6.45) is 2.88. The maximum absolute atomic E-state index is 12.7. The second kappa shape index (κ2) is 8.67. The molecule has 1 fully saturated rings. The molecular weight excluding hydrogens is 360 g/mol. The van der Waals surface area contributed by atoms with E-state index in [-0.39, 0.29) is 16.7 Å². The highest BCUT2D eigenvalue weighted by Gasteiger charge is 2.25. The number of piperidine rings is 1. The number of amides is 1. The van der Waals surface area contributed by atoms with Crippen LogP contribution in [0, 0.1) is 0 Å². The Morgan fingerprint density at radius 3 is 2.26 bits per heavy atom. The van der Waals surface area contributed by atoms with E-state index in [1.807, 2.05) is 30.3 Å². The van der Waals surface area contributed by atoms with Gasteiger partial charge in [-0.15, -0.1) is 0 Å². The lowest BCUT2D eigenvalue weighted by Gasteiger charge is -2.25. The molecule has 6 heteroatoms. The third-order valence-corrected chi connectivity index (χ3v) is 6.92. The van der Waals surface area contributed by atoms with Crippen LogP contribution in [0.5, 0.6) is 0 Å². The standard InChI is InChI=1S/C21H26N2O3S/c1-17(18-8-4-2-5-9-18)16-22-21(24)19-10-12-20(13-11-19)27(25,26)23-14-6-3-7-15-23/h2,4-5,8-13,17H,3,6-7,14-16H2,1H3,(H,22,24). The molecule has 2 aromatic carbocycles. The summed E-state index contributed by atoms with van der Waals surface area (Å²) in [5.74, 6) is 0.00797. The number of carbonyl (C=O) groups excluding carboxylic acids is 1. The van der Waals surface area contributed by atoms with E-state index < -0.39 is 10.0 Å². The SMILES string of the molecule is CC(CNC(=O)c1ccc(S(=O)(=O)N2CCCCC2)cc1)c1ccccc1. The van der Waals surface area contributed by atoms with Gasteiger partial charge >= 0.3 is 0 Å². The van der Waals surface area contributed by atoms with E-state index >= 15 is 0 Å². The van der Waals surface area contributed by atoms with Crippen molar-refractivity contribution in [3.05, 3.63) is 65.7 Å². The van der Waals surface area contributed by atoms with Crippen LogP contribution in [-0.4, -0.2) is 38.3 Å². The molecule has 1 aliphatic heterocycles. The van der Waals surface area contributed by atoms with E-state index in [1.165, 1.54) is 22.0 Å². The van der Waals surface area contributed by atoms with Gasteiger partial charge in [-0.3, -0.25) is 4.79 Å². The molecule has 0 aromatic heterocycles. The second-order valence-electron chi connectivity index (χ2n) is 7.01. The van der Waals surface area contributed by atoms with Crippen molar-refractivity contribution in [3.8, 4) is 0 Å². The predicted molar refractivity (Wildman–Crippen MR) is 106 cm³/mol. The van der Waals surface area contributed by atoms with Gasteiger partial charge in [0, 0.05) is 25.2 Å². The molecule has 1 atom stereocenters. The molecule has 1 heterocycles. The van der Waals surface area contributed by atoms with Gasteiger partial charge in [0.2, 0.25) is 10.0 Å². The summed E-state index contributed by atoms with van der Waals surface area (Å²) in [5.41, 5.74) is 1.63. The van der Waals surface area contributed by atoms with E-state index in [2.05, 4.69) is 12.2 Å². The van der Waals surface area contributed by atoms with Crippen molar-refractivity contribution >= 4 is 15.9 Å². The highest BCUT2D eigenvalue weighted by molar-refractivity contribution is 7.89. The molecule has 1 N–H and O–H groups in total. The van der Waals surface area contributed by atoms with Gasteiger partial charge in [-0.25, -0.2) is 8.42 Å². The molecule has 1 amide bonds. The second-order valence-corrected chi connectivity index (χ2v) is 8.95. The monoisotopic (exact) mass is 386 g/mol. The molecule has 0 bridgehead atoms. The summed E-state index contributed by atoms with van der Waals surface area (Å²) in [4.78, 5) is 12.6. The van der Waals surface area contributed by atoms with Crippen LogP contribution in [0.1, 0.15) is 48.0 Å². The number of nitrogens with zero attached hydrogens (tertiary/aromatic N) is 1. The lowest BCUT2D eigenvalue weighted by atomic mass is 10.0. The van der Waals surface area contributed by atoms with Gasteiger partial charge in [-0.1, -0.05) is 43.7 Å². The van der Waals surface area contributed by atoms with Gasteiger partial charge in [0.15, 0.2) is 0 Å². The average Bonchev–Trinajstić information content (AvgIpc) is 2.73. The van der Waals surface area contributed by atoms with Gasteiger partial charge in [0.25, 0.3) is 5.91 Å². The van der Waals surface area contributed by atoms with Crippen LogP contribution in [0.25, 0.3) is 0 Å². The molecule has 3 rings (SSSR count). The Morgan fingerprint density at radius 1 is 1.00 bits per heavy atom. The summed E-state index contributed by atoms with van der Waals surface area (Å²) >= 11 is 0. The largest absolute Gasteiger partial charge is 0.351 e. The number of hydrogen-bond donors (Lipinski definition) is 1. The Balaban J connectivity index is 1.62. The van der Waals surface area contributed by atoms with Crippen LogP contribution >= 0.6 is 0 Å². The third-order valence-electron chi connectivity index (χ3n) is 5.01. The smallest absolute Gasteiger partial charge is 0.251 e. The zero-order chi connectivity index (χ0) is 19.3. The number of sulfonamides is 1. The lowest BCUT2D eigenvalue weighted by Crippen LogP contribution is -2.35. The third kappa shape index (κ3) is 4.76. The summed E-state index contributed by atoms with van der Waals surface area (Å²) in [6, 6.07) is 16.2. The van der Waals surface area contributed by atoms with Crippen LogP contribution in [0.2, 0.25) is 0 Å². The van der Waals surface area contributed by atoms with Crippen molar-refractivity contribution in [2.75, 3.05) is 19.6 Å². The summed E-state index contributed by atoms with van der Waals surface area (Å²) in [7, 11) is -3.46. The van der Waals surface area contributed by atoms with E-state index in [9.17, 15) is 13.2 Å². The van der Waals surface area contributed by atoms with E-state index in [0.717, 1.165) is 19.3 Å². The predicted octanol–water partition coefficient (Wildman–Crippen LogP) is 3.39. The fraction of sp³-hybridized carbons (Fsp3) is 0.381. The zero-order valence-electron chi connectivity index (χ0n) is 15.6. The molecule has 5 nitrogen and oxygen atoms in total.